The summed E-state index contributed by atoms with van der Waals surface area (Å²) in [4.78, 5) is 26.7. The van der Waals surface area contributed by atoms with Crippen LogP contribution in [0.3, 0.4) is 0 Å². The first-order chi connectivity index (χ1) is 13.4. The summed E-state index contributed by atoms with van der Waals surface area (Å²) in [7, 11) is 0. The van der Waals surface area contributed by atoms with Gasteiger partial charge in [0.25, 0.3) is 5.91 Å². The van der Waals surface area contributed by atoms with Gasteiger partial charge in [0.05, 0.1) is 0 Å². The molecule has 0 saturated carbocycles. The molecule has 0 saturated heterocycles. The van der Waals surface area contributed by atoms with Gasteiger partial charge in [0.1, 0.15) is 4.88 Å². The average Bonchev–Trinajstić information content (AvgIpc) is 3.10. The molecule has 1 amide bonds. The number of benzene rings is 1. The zero-order valence-electron chi connectivity index (χ0n) is 16.9. The Morgan fingerprint density at radius 1 is 1.25 bits per heavy atom. The molecule has 1 aromatic heterocycles. The summed E-state index contributed by atoms with van der Waals surface area (Å²) >= 11 is 1.51. The lowest BCUT2D eigenvalue weighted by atomic mass is 9.90. The number of thiophene rings is 1. The molecular weight excluding hydrogens is 370 g/mol. The van der Waals surface area contributed by atoms with E-state index in [1.807, 2.05) is 31.2 Å². The van der Waals surface area contributed by atoms with Crippen LogP contribution in [0, 0.1) is 5.92 Å². The number of fused-ring (bicyclic) bond motifs is 1. The summed E-state index contributed by atoms with van der Waals surface area (Å²) in [6.07, 6.45) is 4.16. The van der Waals surface area contributed by atoms with Gasteiger partial charge in [0, 0.05) is 10.9 Å². The Balaban J connectivity index is 1.47. The Labute approximate surface area is 171 Å². The fourth-order valence-electron chi connectivity index (χ4n) is 3.54. The quantitative estimate of drug-likeness (QED) is 0.695. The molecule has 0 unspecified atom stereocenters. The highest BCUT2D eigenvalue weighted by molar-refractivity contribution is 7.14. The molecule has 0 aliphatic heterocycles. The first kappa shape index (κ1) is 20.6. The fraction of sp³-hybridized carbons (Fsp3) is 0.478. The second-order valence-electron chi connectivity index (χ2n) is 7.89. The molecule has 3 atom stereocenters. The number of hydrogen-bond donors (Lipinski definition) is 1. The Kier molecular flexibility index (Phi) is 6.89. The number of amides is 1. The van der Waals surface area contributed by atoms with E-state index < -0.39 is 12.1 Å². The molecule has 0 spiro atoms. The van der Waals surface area contributed by atoms with E-state index in [9.17, 15) is 9.59 Å². The molecule has 1 aliphatic carbocycles. The number of ether oxygens (including phenoxy) is 1. The molecule has 1 aromatic carbocycles. The average molecular weight is 400 g/mol. The van der Waals surface area contributed by atoms with E-state index in [1.165, 1.54) is 33.8 Å². The maximum atomic E-state index is 12.5. The van der Waals surface area contributed by atoms with Crippen molar-refractivity contribution in [3.63, 3.8) is 0 Å². The van der Waals surface area contributed by atoms with Crippen LogP contribution in [0.5, 0.6) is 0 Å². The van der Waals surface area contributed by atoms with Crippen LogP contribution in [0.2, 0.25) is 0 Å². The Morgan fingerprint density at radius 3 is 2.75 bits per heavy atom. The first-order valence-electron chi connectivity index (χ1n) is 10.1. The maximum absolute atomic E-state index is 12.5. The van der Waals surface area contributed by atoms with Crippen LogP contribution >= 0.6 is 11.3 Å². The van der Waals surface area contributed by atoms with Gasteiger partial charge in [0.2, 0.25) is 0 Å². The first-order valence-corrected chi connectivity index (χ1v) is 10.9. The molecule has 0 bridgehead atoms. The standard InChI is InChI=1S/C23H29NO3S/c1-15-9-12-20-19(13-15)14-21(28-20)23(26)27-17(3)22(25)24-16(2)10-11-18-7-5-4-6-8-18/h4-8,14-17H,9-13H2,1-3H3,(H,24,25)/t15-,16-,17-/m0/s1. The third-order valence-electron chi connectivity index (χ3n) is 5.28. The zero-order valence-corrected chi connectivity index (χ0v) is 17.7. The summed E-state index contributed by atoms with van der Waals surface area (Å²) in [5.41, 5.74) is 2.52. The summed E-state index contributed by atoms with van der Waals surface area (Å²) in [6, 6.07) is 12.2. The molecule has 5 heteroatoms. The summed E-state index contributed by atoms with van der Waals surface area (Å²) in [5.74, 6) is 0.0172. The van der Waals surface area contributed by atoms with E-state index in [0.717, 1.165) is 25.7 Å². The van der Waals surface area contributed by atoms with Gasteiger partial charge in [-0.05, 0) is 69.1 Å². The molecule has 0 radical (unpaired) electrons. The van der Waals surface area contributed by atoms with Gasteiger partial charge < -0.3 is 10.1 Å². The lowest BCUT2D eigenvalue weighted by Gasteiger charge is -2.17. The topological polar surface area (TPSA) is 55.4 Å². The van der Waals surface area contributed by atoms with Gasteiger partial charge in [-0.2, -0.15) is 0 Å². The van der Waals surface area contributed by atoms with Crippen molar-refractivity contribution < 1.29 is 14.3 Å². The van der Waals surface area contributed by atoms with Gasteiger partial charge in [-0.1, -0.05) is 37.3 Å². The van der Waals surface area contributed by atoms with Crippen LogP contribution in [0.4, 0.5) is 0 Å². The van der Waals surface area contributed by atoms with E-state index >= 15 is 0 Å². The number of hydrogen-bond acceptors (Lipinski definition) is 4. The maximum Gasteiger partial charge on any atom is 0.349 e. The van der Waals surface area contributed by atoms with E-state index in [0.29, 0.717) is 10.8 Å². The predicted octanol–water partition coefficient (Wildman–Crippen LogP) is 4.56. The molecule has 150 valence electrons. The summed E-state index contributed by atoms with van der Waals surface area (Å²) < 4.78 is 5.43. The monoisotopic (exact) mass is 399 g/mol. The fourth-order valence-corrected chi connectivity index (χ4v) is 4.63. The second kappa shape index (κ2) is 9.37. The van der Waals surface area contributed by atoms with Gasteiger partial charge >= 0.3 is 5.97 Å². The highest BCUT2D eigenvalue weighted by Crippen LogP contribution is 2.32. The van der Waals surface area contributed by atoms with Gasteiger partial charge in [-0.25, -0.2) is 4.79 Å². The van der Waals surface area contributed by atoms with Crippen LogP contribution in [0.25, 0.3) is 0 Å². The Morgan fingerprint density at radius 2 is 2.00 bits per heavy atom. The summed E-state index contributed by atoms with van der Waals surface area (Å²) in [6.45, 7) is 5.85. The van der Waals surface area contributed by atoms with Gasteiger partial charge in [-0.15, -0.1) is 11.3 Å². The van der Waals surface area contributed by atoms with Gasteiger partial charge in [0.15, 0.2) is 6.10 Å². The van der Waals surface area contributed by atoms with Crippen molar-refractivity contribution >= 4 is 23.2 Å². The highest BCUT2D eigenvalue weighted by Gasteiger charge is 2.24. The molecule has 4 nitrogen and oxygen atoms in total. The highest BCUT2D eigenvalue weighted by atomic mass is 32.1. The number of esters is 1. The minimum atomic E-state index is -0.801. The molecule has 1 N–H and O–H groups in total. The number of carbonyl (C=O) groups excluding carboxylic acids is 2. The Hall–Kier alpha value is -2.14. The number of nitrogens with one attached hydrogen (secondary N) is 1. The number of aryl methyl sites for hydroxylation is 2. The Bertz CT molecular complexity index is 815. The van der Waals surface area contributed by atoms with E-state index in [-0.39, 0.29) is 11.9 Å². The van der Waals surface area contributed by atoms with E-state index in [2.05, 4.69) is 24.4 Å². The largest absolute Gasteiger partial charge is 0.448 e. The van der Waals surface area contributed by atoms with Crippen molar-refractivity contribution in [3.05, 3.63) is 57.3 Å². The van der Waals surface area contributed by atoms with Crippen molar-refractivity contribution in [2.75, 3.05) is 0 Å². The molecule has 2 aromatic rings. The SMILES string of the molecule is C[C@H]1CCc2sc(C(=O)O[C@@H](C)C(=O)N[C@@H](C)CCc3ccccc3)cc2C1. The molecular formula is C23H29NO3S. The van der Waals surface area contributed by atoms with E-state index in [4.69, 9.17) is 4.74 Å². The third-order valence-corrected chi connectivity index (χ3v) is 6.50. The van der Waals surface area contributed by atoms with Crippen molar-refractivity contribution in [1.29, 1.82) is 0 Å². The zero-order chi connectivity index (χ0) is 20.1. The van der Waals surface area contributed by atoms with Crippen LogP contribution in [0.1, 0.15) is 59.3 Å². The summed E-state index contributed by atoms with van der Waals surface area (Å²) in [5, 5.41) is 2.95. The molecule has 1 aliphatic rings. The van der Waals surface area contributed by atoms with Crippen molar-refractivity contribution in [2.24, 2.45) is 5.92 Å². The van der Waals surface area contributed by atoms with Crippen LogP contribution in [0.15, 0.2) is 36.4 Å². The smallest absolute Gasteiger partial charge is 0.349 e. The minimum Gasteiger partial charge on any atom is -0.448 e. The normalized spacial score (nSPS) is 18.0. The van der Waals surface area contributed by atoms with Crippen LogP contribution in [-0.4, -0.2) is 24.0 Å². The number of carbonyl (C=O) groups is 2. The van der Waals surface area contributed by atoms with Gasteiger partial charge in [-0.3, -0.25) is 4.79 Å². The van der Waals surface area contributed by atoms with Crippen LogP contribution < -0.4 is 5.32 Å². The predicted molar refractivity (Wildman–Crippen MR) is 113 cm³/mol. The molecule has 28 heavy (non-hydrogen) atoms. The lowest BCUT2D eigenvalue weighted by molar-refractivity contribution is -0.129. The van der Waals surface area contributed by atoms with E-state index in [1.54, 1.807) is 6.92 Å². The van der Waals surface area contributed by atoms with Crippen molar-refractivity contribution in [1.82, 2.24) is 5.32 Å². The molecule has 0 fully saturated rings. The molecule has 3 rings (SSSR count). The minimum absolute atomic E-state index is 0.0180. The van der Waals surface area contributed by atoms with Crippen molar-refractivity contribution in [3.8, 4) is 0 Å². The third kappa shape index (κ3) is 5.44. The number of rotatable bonds is 7. The molecule has 1 heterocycles. The van der Waals surface area contributed by atoms with Crippen molar-refractivity contribution in [2.45, 2.75) is 65.0 Å². The lowest BCUT2D eigenvalue weighted by Crippen LogP contribution is -2.40. The van der Waals surface area contributed by atoms with Crippen LogP contribution in [-0.2, 0) is 28.8 Å². The second-order valence-corrected chi connectivity index (χ2v) is 9.03.